The van der Waals surface area contributed by atoms with E-state index < -0.39 is 21.9 Å². The van der Waals surface area contributed by atoms with Gasteiger partial charge in [0.2, 0.25) is 0 Å². The topological polar surface area (TPSA) is 92.8 Å². The number of amides is 1. The van der Waals surface area contributed by atoms with Crippen LogP contribution in [0.3, 0.4) is 0 Å². The summed E-state index contributed by atoms with van der Waals surface area (Å²) in [5.41, 5.74) is 1.63. The van der Waals surface area contributed by atoms with Crippen LogP contribution in [-0.4, -0.2) is 34.5 Å². The number of ether oxygens (including phenoxy) is 1. The van der Waals surface area contributed by atoms with Crippen LogP contribution in [0.1, 0.15) is 26.3 Å². The Morgan fingerprint density at radius 3 is 2.31 bits per heavy atom. The summed E-state index contributed by atoms with van der Waals surface area (Å²) in [7, 11) is -1.27. The van der Waals surface area contributed by atoms with Crippen molar-refractivity contribution in [2.45, 2.75) is 11.8 Å². The van der Waals surface area contributed by atoms with E-state index in [1.54, 1.807) is 24.3 Å². The maximum absolute atomic E-state index is 13.1. The van der Waals surface area contributed by atoms with Crippen molar-refractivity contribution >= 4 is 44.9 Å². The van der Waals surface area contributed by atoms with Crippen LogP contribution in [0.2, 0.25) is 5.02 Å². The number of sulfonamides is 1. The maximum atomic E-state index is 13.1. The van der Waals surface area contributed by atoms with Gasteiger partial charge < -0.3 is 10.1 Å². The molecule has 0 aromatic heterocycles. The third-order valence-corrected chi connectivity index (χ3v) is 6.92. The first kappa shape index (κ1) is 23.3. The zero-order valence-electron chi connectivity index (χ0n) is 17.6. The average molecular weight is 473 g/mol. The molecular formula is C23H21ClN2O5S. The van der Waals surface area contributed by atoms with E-state index in [0.717, 1.165) is 9.87 Å². The molecule has 7 nitrogen and oxygen atoms in total. The van der Waals surface area contributed by atoms with E-state index in [2.05, 4.69) is 5.32 Å². The van der Waals surface area contributed by atoms with Gasteiger partial charge in [0.05, 0.1) is 39.5 Å². The molecule has 0 fully saturated rings. The molecule has 0 unspecified atom stereocenters. The minimum Gasteiger partial charge on any atom is -0.465 e. The number of aryl methyl sites for hydroxylation is 1. The van der Waals surface area contributed by atoms with Crippen molar-refractivity contribution in [1.82, 2.24) is 0 Å². The summed E-state index contributed by atoms with van der Waals surface area (Å²) in [6.07, 6.45) is 0. The lowest BCUT2D eigenvalue weighted by Gasteiger charge is -2.22. The van der Waals surface area contributed by atoms with Gasteiger partial charge in [0, 0.05) is 7.05 Å². The largest absolute Gasteiger partial charge is 0.465 e. The standard InChI is InChI=1S/C23H21ClN2O5S/c1-15-8-11-17(12-9-15)32(29,30)26(2)21-7-5-4-6-18(21)22(27)25-20-14-16(23(28)31-3)10-13-19(20)24/h4-14H,1-3H3,(H,25,27). The van der Waals surface area contributed by atoms with Crippen LogP contribution in [-0.2, 0) is 14.8 Å². The number of carbonyl (C=O) groups is 2. The number of carbonyl (C=O) groups excluding carboxylic acids is 2. The van der Waals surface area contributed by atoms with Crippen molar-refractivity contribution in [3.63, 3.8) is 0 Å². The molecule has 1 N–H and O–H groups in total. The van der Waals surface area contributed by atoms with Gasteiger partial charge in [-0.3, -0.25) is 9.10 Å². The Morgan fingerprint density at radius 2 is 1.66 bits per heavy atom. The second-order valence-electron chi connectivity index (χ2n) is 6.94. The second-order valence-corrected chi connectivity index (χ2v) is 9.32. The molecular weight excluding hydrogens is 452 g/mol. The predicted molar refractivity (Wildman–Crippen MR) is 124 cm³/mol. The van der Waals surface area contributed by atoms with E-state index in [-0.39, 0.29) is 32.4 Å². The number of rotatable bonds is 6. The lowest BCUT2D eigenvalue weighted by atomic mass is 10.1. The summed E-state index contributed by atoms with van der Waals surface area (Å²) >= 11 is 6.17. The molecule has 3 aromatic rings. The SMILES string of the molecule is COC(=O)c1ccc(Cl)c(NC(=O)c2ccccc2N(C)S(=O)(=O)c2ccc(C)cc2)c1. The van der Waals surface area contributed by atoms with Gasteiger partial charge in [0.15, 0.2) is 0 Å². The van der Waals surface area contributed by atoms with E-state index in [1.807, 2.05) is 6.92 Å². The smallest absolute Gasteiger partial charge is 0.337 e. The fraction of sp³-hybridized carbons (Fsp3) is 0.130. The molecule has 0 atom stereocenters. The average Bonchev–Trinajstić information content (AvgIpc) is 2.79. The Bertz CT molecular complexity index is 1270. The fourth-order valence-corrected chi connectivity index (χ4v) is 4.37. The van der Waals surface area contributed by atoms with E-state index in [1.165, 1.54) is 56.6 Å². The molecule has 0 bridgehead atoms. The monoisotopic (exact) mass is 472 g/mol. The van der Waals surface area contributed by atoms with Gasteiger partial charge in [-0.25, -0.2) is 13.2 Å². The van der Waals surface area contributed by atoms with Gasteiger partial charge in [-0.1, -0.05) is 41.4 Å². The lowest BCUT2D eigenvalue weighted by molar-refractivity contribution is 0.0600. The Morgan fingerprint density at radius 1 is 1.00 bits per heavy atom. The molecule has 0 aliphatic carbocycles. The Kier molecular flexibility index (Phi) is 6.86. The van der Waals surface area contributed by atoms with Crippen molar-refractivity contribution in [3.05, 3.63) is 88.4 Å². The van der Waals surface area contributed by atoms with Gasteiger partial charge in [-0.15, -0.1) is 0 Å². The zero-order chi connectivity index (χ0) is 23.5. The van der Waals surface area contributed by atoms with Crippen LogP contribution >= 0.6 is 11.6 Å². The molecule has 0 aliphatic heterocycles. The van der Waals surface area contributed by atoms with Crippen molar-refractivity contribution < 1.29 is 22.7 Å². The van der Waals surface area contributed by atoms with Gasteiger partial charge in [-0.05, 0) is 49.4 Å². The van der Waals surface area contributed by atoms with E-state index >= 15 is 0 Å². The van der Waals surface area contributed by atoms with Gasteiger partial charge >= 0.3 is 5.97 Å². The molecule has 0 radical (unpaired) electrons. The highest BCUT2D eigenvalue weighted by Crippen LogP contribution is 2.28. The van der Waals surface area contributed by atoms with Crippen molar-refractivity contribution in [2.75, 3.05) is 23.8 Å². The number of methoxy groups -OCH3 is 1. The van der Waals surface area contributed by atoms with E-state index in [4.69, 9.17) is 16.3 Å². The molecule has 32 heavy (non-hydrogen) atoms. The molecule has 9 heteroatoms. The Balaban J connectivity index is 1.95. The highest BCUT2D eigenvalue weighted by atomic mass is 35.5. The van der Waals surface area contributed by atoms with Crippen molar-refractivity contribution in [2.24, 2.45) is 0 Å². The summed E-state index contributed by atoms with van der Waals surface area (Å²) < 4.78 is 32.0. The summed E-state index contributed by atoms with van der Waals surface area (Å²) in [5, 5.41) is 2.85. The number of esters is 1. The number of hydrogen-bond acceptors (Lipinski definition) is 5. The summed E-state index contributed by atoms with van der Waals surface area (Å²) in [4.78, 5) is 24.9. The predicted octanol–water partition coefficient (Wildman–Crippen LogP) is 4.51. The van der Waals surface area contributed by atoms with Crippen LogP contribution in [0, 0.1) is 6.92 Å². The van der Waals surface area contributed by atoms with Crippen molar-refractivity contribution in [1.29, 1.82) is 0 Å². The van der Waals surface area contributed by atoms with Crippen LogP contribution in [0.15, 0.2) is 71.6 Å². The molecule has 0 saturated heterocycles. The molecule has 0 spiro atoms. The van der Waals surface area contributed by atoms with E-state index in [9.17, 15) is 18.0 Å². The quantitative estimate of drug-likeness (QED) is 0.533. The number of halogens is 1. The molecule has 0 aliphatic rings. The van der Waals surface area contributed by atoms with Crippen LogP contribution in [0.4, 0.5) is 11.4 Å². The third-order valence-electron chi connectivity index (χ3n) is 4.80. The van der Waals surface area contributed by atoms with Crippen LogP contribution < -0.4 is 9.62 Å². The molecule has 3 rings (SSSR count). The second kappa shape index (κ2) is 9.42. The first-order valence-electron chi connectivity index (χ1n) is 9.49. The van der Waals surface area contributed by atoms with Gasteiger partial charge in [0.25, 0.3) is 15.9 Å². The molecule has 166 valence electrons. The summed E-state index contributed by atoms with van der Waals surface area (Å²) in [6, 6.07) is 17.1. The molecule has 0 saturated carbocycles. The maximum Gasteiger partial charge on any atom is 0.337 e. The molecule has 1 amide bonds. The minimum atomic E-state index is -3.90. The van der Waals surface area contributed by atoms with Gasteiger partial charge in [0.1, 0.15) is 0 Å². The van der Waals surface area contributed by atoms with Crippen LogP contribution in [0.25, 0.3) is 0 Å². The number of benzene rings is 3. The summed E-state index contributed by atoms with van der Waals surface area (Å²) in [6.45, 7) is 1.86. The highest BCUT2D eigenvalue weighted by molar-refractivity contribution is 7.92. The number of anilines is 2. The number of nitrogens with zero attached hydrogens (tertiary/aromatic N) is 1. The fourth-order valence-electron chi connectivity index (χ4n) is 2.99. The first-order valence-corrected chi connectivity index (χ1v) is 11.3. The van der Waals surface area contributed by atoms with Gasteiger partial charge in [-0.2, -0.15) is 0 Å². The van der Waals surface area contributed by atoms with Crippen LogP contribution in [0.5, 0.6) is 0 Å². The number of nitrogens with one attached hydrogen (secondary N) is 1. The third kappa shape index (κ3) is 4.76. The zero-order valence-corrected chi connectivity index (χ0v) is 19.2. The van der Waals surface area contributed by atoms with Crippen molar-refractivity contribution in [3.8, 4) is 0 Å². The molecule has 3 aromatic carbocycles. The Hall–Kier alpha value is -3.36. The molecule has 0 heterocycles. The Labute approximate surface area is 191 Å². The summed E-state index contributed by atoms with van der Waals surface area (Å²) in [5.74, 6) is -1.17. The highest BCUT2D eigenvalue weighted by Gasteiger charge is 2.25. The first-order chi connectivity index (χ1) is 15.1. The number of para-hydroxylation sites is 1. The van der Waals surface area contributed by atoms with E-state index in [0.29, 0.717) is 0 Å². The lowest BCUT2D eigenvalue weighted by Crippen LogP contribution is -2.29. The normalized spacial score (nSPS) is 11.0. The minimum absolute atomic E-state index is 0.106. The number of hydrogen-bond donors (Lipinski definition) is 1.